The van der Waals surface area contributed by atoms with Gasteiger partial charge in [-0.1, -0.05) is 107 Å². The number of carboxylic acid groups (broad SMARTS) is 1. The zero-order valence-electron chi connectivity index (χ0n) is 28.3. The van der Waals surface area contributed by atoms with E-state index in [9.17, 15) is 9.90 Å². The predicted octanol–water partition coefficient (Wildman–Crippen LogP) is 11.1. The highest BCUT2D eigenvalue weighted by atomic mass is 28.4. The molecule has 0 spiro atoms. The fourth-order valence-electron chi connectivity index (χ4n) is 7.33. The molecule has 0 aliphatic carbocycles. The molecule has 0 bridgehead atoms. The quantitative estimate of drug-likeness (QED) is 0.183. The molecule has 1 N–H and O–H groups in total. The first-order chi connectivity index (χ1) is 19.0. The molecular formula is C35H60O4Si2. The van der Waals surface area contributed by atoms with Crippen LogP contribution < -0.4 is 8.85 Å². The van der Waals surface area contributed by atoms with Crippen molar-refractivity contribution in [1.82, 2.24) is 0 Å². The van der Waals surface area contributed by atoms with E-state index < -0.39 is 22.6 Å². The average Bonchev–Trinajstić information content (AvgIpc) is 2.77. The standard InChI is InChI=1S/C35H60O4Si2/c1-24(2)18-40(19-25(3)4,20-26(5)6)38-33-17-32(35(36)37)34(31-16-14-13-15-30(31)33)39-41(21-27(7)8,22-28(9)10)23-29(11)12/h13-17,24-29H,18-23H2,1-12H3,(H,36,37). The molecule has 0 fully saturated rings. The van der Waals surface area contributed by atoms with Gasteiger partial charge in [-0.25, -0.2) is 4.79 Å². The topological polar surface area (TPSA) is 55.8 Å². The van der Waals surface area contributed by atoms with E-state index in [1.165, 1.54) is 0 Å². The molecule has 232 valence electrons. The van der Waals surface area contributed by atoms with E-state index in [1.807, 2.05) is 24.3 Å². The first-order valence-corrected chi connectivity index (χ1v) is 21.2. The van der Waals surface area contributed by atoms with Crippen LogP contribution in [-0.4, -0.2) is 27.7 Å². The fraction of sp³-hybridized carbons (Fsp3) is 0.686. The van der Waals surface area contributed by atoms with Gasteiger partial charge in [-0.2, -0.15) is 0 Å². The lowest BCUT2D eigenvalue weighted by Crippen LogP contribution is -2.46. The van der Waals surface area contributed by atoms with Gasteiger partial charge in [-0.3, -0.25) is 0 Å². The third kappa shape index (κ3) is 10.5. The summed E-state index contributed by atoms with van der Waals surface area (Å²) in [6.07, 6.45) is 0. The first kappa shape index (κ1) is 35.4. The monoisotopic (exact) mass is 600 g/mol. The molecule has 4 nitrogen and oxygen atoms in total. The summed E-state index contributed by atoms with van der Waals surface area (Å²) < 4.78 is 14.5. The Hall–Kier alpha value is -1.80. The van der Waals surface area contributed by atoms with E-state index in [1.54, 1.807) is 0 Å². The van der Waals surface area contributed by atoms with Gasteiger partial charge in [0.15, 0.2) is 0 Å². The minimum Gasteiger partial charge on any atom is -0.543 e. The molecule has 2 aromatic rings. The van der Waals surface area contributed by atoms with E-state index in [0.717, 1.165) is 52.8 Å². The molecule has 0 atom stereocenters. The second-order valence-corrected chi connectivity index (χ2v) is 22.8. The maximum atomic E-state index is 13.0. The van der Waals surface area contributed by atoms with Gasteiger partial charge in [-0.15, -0.1) is 0 Å². The number of aromatic carboxylic acids is 1. The van der Waals surface area contributed by atoms with Crippen LogP contribution in [0.15, 0.2) is 30.3 Å². The Bertz CT molecular complexity index is 1070. The number of hydrogen-bond donors (Lipinski definition) is 1. The molecule has 0 aliphatic rings. The van der Waals surface area contributed by atoms with Gasteiger partial charge in [0.25, 0.3) is 16.6 Å². The average molecular weight is 601 g/mol. The predicted molar refractivity (Wildman–Crippen MR) is 182 cm³/mol. The summed E-state index contributed by atoms with van der Waals surface area (Å²) in [6.45, 7) is 27.3. The third-order valence-corrected chi connectivity index (χ3v) is 18.2. The van der Waals surface area contributed by atoms with Crippen LogP contribution in [0.3, 0.4) is 0 Å². The molecule has 6 heteroatoms. The van der Waals surface area contributed by atoms with Crippen molar-refractivity contribution >= 4 is 33.4 Å². The van der Waals surface area contributed by atoms with Crippen LogP contribution in [0, 0.1) is 35.5 Å². The minimum atomic E-state index is -2.35. The maximum Gasteiger partial charge on any atom is 0.339 e. The van der Waals surface area contributed by atoms with E-state index >= 15 is 0 Å². The van der Waals surface area contributed by atoms with Gasteiger partial charge in [0.1, 0.15) is 17.1 Å². The number of carbonyl (C=O) groups is 1. The molecule has 41 heavy (non-hydrogen) atoms. The van der Waals surface area contributed by atoms with Crippen LogP contribution in [0.1, 0.15) is 93.4 Å². The Morgan fingerprint density at radius 1 is 0.610 bits per heavy atom. The van der Waals surface area contributed by atoms with Crippen LogP contribution in [0.4, 0.5) is 0 Å². The molecule has 0 radical (unpaired) electrons. The van der Waals surface area contributed by atoms with Crippen molar-refractivity contribution in [2.45, 2.75) is 119 Å². The zero-order chi connectivity index (χ0) is 31.1. The van der Waals surface area contributed by atoms with Crippen molar-refractivity contribution in [3.63, 3.8) is 0 Å². The van der Waals surface area contributed by atoms with Crippen molar-refractivity contribution < 1.29 is 18.8 Å². The van der Waals surface area contributed by atoms with Gasteiger partial charge in [0.2, 0.25) is 0 Å². The largest absolute Gasteiger partial charge is 0.543 e. The Morgan fingerprint density at radius 2 is 0.951 bits per heavy atom. The molecule has 0 aromatic heterocycles. The molecule has 0 aliphatic heterocycles. The highest BCUT2D eigenvalue weighted by Gasteiger charge is 2.42. The molecule has 2 aromatic carbocycles. The number of fused-ring (bicyclic) bond motifs is 1. The van der Waals surface area contributed by atoms with Crippen molar-refractivity contribution in [2.24, 2.45) is 35.5 Å². The van der Waals surface area contributed by atoms with Gasteiger partial charge >= 0.3 is 5.97 Å². The second-order valence-electron chi connectivity index (χ2n) is 15.3. The van der Waals surface area contributed by atoms with Crippen LogP contribution in [0.25, 0.3) is 10.8 Å². The third-order valence-electron chi connectivity index (χ3n) is 7.51. The smallest absolute Gasteiger partial charge is 0.339 e. The van der Waals surface area contributed by atoms with E-state index in [0.29, 0.717) is 41.3 Å². The van der Waals surface area contributed by atoms with E-state index in [2.05, 4.69) is 89.2 Å². The molecule has 0 saturated carbocycles. The fourth-order valence-corrected chi connectivity index (χ4v) is 19.0. The Morgan fingerprint density at radius 3 is 1.29 bits per heavy atom. The van der Waals surface area contributed by atoms with E-state index in [-0.39, 0.29) is 5.56 Å². The second kappa shape index (κ2) is 15.1. The summed E-state index contributed by atoms with van der Waals surface area (Å²) in [4.78, 5) is 13.0. The van der Waals surface area contributed by atoms with Crippen molar-refractivity contribution in [2.75, 3.05) is 0 Å². The van der Waals surface area contributed by atoms with Gasteiger partial charge in [-0.05, 0) is 77.8 Å². The van der Waals surface area contributed by atoms with Crippen molar-refractivity contribution in [1.29, 1.82) is 0 Å². The highest BCUT2D eigenvalue weighted by molar-refractivity contribution is 6.75. The van der Waals surface area contributed by atoms with Crippen LogP contribution in [0.2, 0.25) is 36.3 Å². The lowest BCUT2D eigenvalue weighted by Gasteiger charge is -2.38. The van der Waals surface area contributed by atoms with Gasteiger partial charge < -0.3 is 14.0 Å². The Labute approximate surface area is 253 Å². The van der Waals surface area contributed by atoms with Crippen LogP contribution in [0.5, 0.6) is 11.5 Å². The van der Waals surface area contributed by atoms with Crippen molar-refractivity contribution in [3.8, 4) is 11.5 Å². The highest BCUT2D eigenvalue weighted by Crippen LogP contribution is 2.44. The lowest BCUT2D eigenvalue weighted by atomic mass is 10.0. The molecular weight excluding hydrogens is 541 g/mol. The molecule has 0 amide bonds. The number of benzene rings is 2. The molecule has 0 saturated heterocycles. The SMILES string of the molecule is CC(C)C[Si](CC(C)C)(CC(C)C)Oc1cc(C(=O)O)c(O[Si](CC(C)C)(CC(C)C)CC(C)C)c2ccccc12. The zero-order valence-corrected chi connectivity index (χ0v) is 30.3. The lowest BCUT2D eigenvalue weighted by molar-refractivity contribution is 0.0694. The number of hydrogen-bond acceptors (Lipinski definition) is 3. The number of carboxylic acids is 1. The summed E-state index contributed by atoms with van der Waals surface area (Å²) in [5.74, 6) is 3.33. The van der Waals surface area contributed by atoms with Gasteiger partial charge in [0.05, 0.1) is 0 Å². The normalized spacial score (nSPS) is 13.0. The van der Waals surface area contributed by atoms with Crippen LogP contribution >= 0.6 is 0 Å². The summed E-state index contributed by atoms with van der Waals surface area (Å²) in [6, 6.07) is 16.2. The molecule has 0 heterocycles. The summed E-state index contributed by atoms with van der Waals surface area (Å²) in [5.41, 5.74) is 0.244. The summed E-state index contributed by atoms with van der Waals surface area (Å²) in [5, 5.41) is 12.5. The summed E-state index contributed by atoms with van der Waals surface area (Å²) in [7, 11) is -4.60. The van der Waals surface area contributed by atoms with Crippen molar-refractivity contribution in [3.05, 3.63) is 35.9 Å². The molecule has 0 unspecified atom stereocenters. The Kier molecular flexibility index (Phi) is 13.0. The van der Waals surface area contributed by atoms with Gasteiger partial charge in [0, 0.05) is 10.8 Å². The van der Waals surface area contributed by atoms with E-state index in [4.69, 9.17) is 8.85 Å². The van der Waals surface area contributed by atoms with Crippen LogP contribution in [-0.2, 0) is 0 Å². The first-order valence-electron chi connectivity index (χ1n) is 16.1. The number of rotatable bonds is 17. The molecule has 2 rings (SSSR count). The minimum absolute atomic E-state index is 0.244. The Balaban J connectivity index is 2.85. The maximum absolute atomic E-state index is 13.0. The summed E-state index contributed by atoms with van der Waals surface area (Å²) >= 11 is 0.